The maximum absolute atomic E-state index is 12.5. The number of carbonyl (C=O) groups excluding carboxylic acids is 1. The molecule has 0 bridgehead atoms. The van der Waals surface area contributed by atoms with Gasteiger partial charge in [-0.15, -0.1) is 11.3 Å². The van der Waals surface area contributed by atoms with E-state index in [9.17, 15) is 4.79 Å². The van der Waals surface area contributed by atoms with Crippen LogP contribution in [0.1, 0.15) is 23.3 Å². The first-order valence-electron chi connectivity index (χ1n) is 9.16. The van der Waals surface area contributed by atoms with Gasteiger partial charge in [0.2, 0.25) is 0 Å². The lowest BCUT2D eigenvalue weighted by molar-refractivity contribution is -0.131. The number of carbonyl (C=O) groups is 1. The van der Waals surface area contributed by atoms with Crippen molar-refractivity contribution in [1.82, 2.24) is 10.6 Å². The monoisotopic (exact) mass is 385 g/mol. The van der Waals surface area contributed by atoms with Crippen LogP contribution in [-0.2, 0) is 27.5 Å². The van der Waals surface area contributed by atoms with Gasteiger partial charge in [0.15, 0.2) is 5.60 Å². The fourth-order valence-corrected chi connectivity index (χ4v) is 4.15. The van der Waals surface area contributed by atoms with Crippen molar-refractivity contribution in [3.05, 3.63) is 58.3 Å². The molecule has 2 aromatic rings. The van der Waals surface area contributed by atoms with E-state index in [1.807, 2.05) is 36.4 Å². The molecule has 1 spiro atoms. The molecule has 27 heavy (non-hydrogen) atoms. The highest BCUT2D eigenvalue weighted by Crippen LogP contribution is 2.33. The molecule has 1 saturated heterocycles. The Morgan fingerprint density at radius 2 is 2.11 bits per heavy atom. The first-order valence-corrected chi connectivity index (χ1v) is 10.0. The molecule has 1 aromatic heterocycles. The molecule has 0 aliphatic carbocycles. The largest absolute Gasteiger partial charge is 0.384 e. The molecule has 1 fully saturated rings. The van der Waals surface area contributed by atoms with E-state index in [1.165, 1.54) is 4.88 Å². The topological polar surface area (TPSA) is 72.0 Å². The number of thiophene rings is 1. The lowest BCUT2D eigenvalue weighted by Gasteiger charge is -2.38. The van der Waals surface area contributed by atoms with Crippen molar-refractivity contribution in [2.45, 2.75) is 37.6 Å². The minimum atomic E-state index is -0.602. The number of nitrogens with zero attached hydrogens (tertiary/aromatic N) is 1. The maximum atomic E-state index is 12.5. The van der Waals surface area contributed by atoms with E-state index in [2.05, 4.69) is 27.2 Å². The van der Waals surface area contributed by atoms with Crippen LogP contribution in [0.3, 0.4) is 0 Å². The summed E-state index contributed by atoms with van der Waals surface area (Å²) >= 11 is 1.73. The van der Waals surface area contributed by atoms with Gasteiger partial charge in [-0.2, -0.15) is 0 Å². The minimum Gasteiger partial charge on any atom is -0.384 e. The van der Waals surface area contributed by atoms with E-state index in [-0.39, 0.29) is 11.9 Å². The van der Waals surface area contributed by atoms with Crippen molar-refractivity contribution in [2.24, 2.45) is 5.16 Å². The van der Waals surface area contributed by atoms with E-state index in [1.54, 1.807) is 11.3 Å². The van der Waals surface area contributed by atoms with Gasteiger partial charge in [0.05, 0.1) is 12.6 Å². The van der Waals surface area contributed by atoms with Crippen molar-refractivity contribution in [2.75, 3.05) is 13.2 Å². The highest BCUT2D eigenvalue weighted by atomic mass is 32.1. The quantitative estimate of drug-likeness (QED) is 0.801. The molecule has 4 rings (SSSR count). The van der Waals surface area contributed by atoms with Gasteiger partial charge in [-0.05, 0) is 23.4 Å². The molecule has 1 aromatic carbocycles. The second-order valence-electron chi connectivity index (χ2n) is 6.89. The Hall–Kier alpha value is -2.22. The van der Waals surface area contributed by atoms with Crippen LogP contribution >= 0.6 is 11.3 Å². The number of hydrogen-bond acceptors (Lipinski definition) is 6. The average Bonchev–Trinajstić information content (AvgIpc) is 3.37. The van der Waals surface area contributed by atoms with Gasteiger partial charge in [-0.25, -0.2) is 0 Å². The molecule has 2 N–H and O–H groups in total. The zero-order valence-corrected chi connectivity index (χ0v) is 15.8. The smallest absolute Gasteiger partial charge is 0.269 e. The number of nitrogens with one attached hydrogen (secondary N) is 2. The minimum absolute atomic E-state index is 0.0940. The van der Waals surface area contributed by atoms with E-state index in [0.29, 0.717) is 31.9 Å². The Bertz CT molecular complexity index is 794. The van der Waals surface area contributed by atoms with Crippen molar-refractivity contribution in [3.63, 3.8) is 0 Å². The van der Waals surface area contributed by atoms with Gasteiger partial charge in [0, 0.05) is 31.0 Å². The van der Waals surface area contributed by atoms with E-state index in [4.69, 9.17) is 9.57 Å². The van der Waals surface area contributed by atoms with E-state index < -0.39 is 5.60 Å². The van der Waals surface area contributed by atoms with Gasteiger partial charge in [-0.1, -0.05) is 41.6 Å². The summed E-state index contributed by atoms with van der Waals surface area (Å²) in [4.78, 5) is 19.6. The summed E-state index contributed by atoms with van der Waals surface area (Å²) < 4.78 is 5.66. The van der Waals surface area contributed by atoms with Gasteiger partial charge in [0.25, 0.3) is 5.91 Å². The Kier molecular flexibility index (Phi) is 5.52. The van der Waals surface area contributed by atoms with Gasteiger partial charge in [0.1, 0.15) is 5.71 Å². The fourth-order valence-electron chi connectivity index (χ4n) is 3.49. The van der Waals surface area contributed by atoms with Crippen molar-refractivity contribution >= 4 is 23.0 Å². The third-order valence-electron chi connectivity index (χ3n) is 5.00. The molecule has 6 nitrogen and oxygen atoms in total. The lowest BCUT2D eigenvalue weighted by Crippen LogP contribution is -2.57. The Balaban J connectivity index is 1.35. The Morgan fingerprint density at radius 1 is 1.22 bits per heavy atom. The fraction of sp³-hybridized carbons (Fsp3) is 0.400. The molecule has 2 atom stereocenters. The standard InChI is InChI=1S/C20H23N3O3S/c24-19(22-12-15-5-2-1-3-6-15)17-11-20(26-23-17)14-25-9-8-18(20)21-13-16-7-4-10-27-16/h1-7,10,18,21H,8-9,11-14H2,(H,22,24)/t18-,20-/m0/s1. The summed E-state index contributed by atoms with van der Waals surface area (Å²) in [5.74, 6) is -0.182. The van der Waals surface area contributed by atoms with Gasteiger partial charge in [-0.3, -0.25) is 4.79 Å². The zero-order chi connectivity index (χ0) is 18.5. The number of oxime groups is 1. The number of rotatable bonds is 6. The normalized spacial score (nSPS) is 24.4. The van der Waals surface area contributed by atoms with Gasteiger partial charge < -0.3 is 20.2 Å². The molecule has 3 heterocycles. The second-order valence-corrected chi connectivity index (χ2v) is 7.93. The highest BCUT2D eigenvalue weighted by Gasteiger charge is 2.49. The lowest BCUT2D eigenvalue weighted by atomic mass is 9.86. The molecule has 2 aliphatic heterocycles. The SMILES string of the molecule is O=C(NCc1ccccc1)C1=NO[C@]2(COCC[C@@H]2NCc2cccs2)C1. The van der Waals surface area contributed by atoms with Crippen LogP contribution in [0.5, 0.6) is 0 Å². The number of benzene rings is 1. The predicted molar refractivity (Wildman–Crippen MR) is 105 cm³/mol. The molecule has 0 saturated carbocycles. The van der Waals surface area contributed by atoms with Crippen LogP contribution in [-0.4, -0.2) is 36.5 Å². The van der Waals surface area contributed by atoms with E-state index >= 15 is 0 Å². The number of hydrogen-bond donors (Lipinski definition) is 2. The van der Waals surface area contributed by atoms with Gasteiger partial charge >= 0.3 is 0 Å². The molecular weight excluding hydrogens is 362 g/mol. The van der Waals surface area contributed by atoms with Crippen molar-refractivity contribution in [3.8, 4) is 0 Å². The van der Waals surface area contributed by atoms with Crippen LogP contribution in [0.25, 0.3) is 0 Å². The summed E-state index contributed by atoms with van der Waals surface area (Å²) in [6.45, 7) is 2.38. The summed E-state index contributed by atoms with van der Waals surface area (Å²) in [6.07, 6.45) is 1.29. The van der Waals surface area contributed by atoms with Crippen molar-refractivity contribution in [1.29, 1.82) is 0 Å². The molecule has 0 radical (unpaired) electrons. The van der Waals surface area contributed by atoms with E-state index in [0.717, 1.165) is 18.5 Å². The zero-order valence-electron chi connectivity index (χ0n) is 15.0. The summed E-state index contributed by atoms with van der Waals surface area (Å²) in [7, 11) is 0. The molecule has 2 aliphatic rings. The molecule has 1 amide bonds. The second kappa shape index (κ2) is 8.21. The molecule has 0 unspecified atom stereocenters. The van der Waals surface area contributed by atoms with Crippen LogP contribution < -0.4 is 10.6 Å². The number of ether oxygens (including phenoxy) is 1. The molecule has 7 heteroatoms. The highest BCUT2D eigenvalue weighted by molar-refractivity contribution is 7.09. The maximum Gasteiger partial charge on any atom is 0.269 e. The first kappa shape index (κ1) is 18.2. The first-order chi connectivity index (χ1) is 13.3. The van der Waals surface area contributed by atoms with Crippen LogP contribution in [0.2, 0.25) is 0 Å². The Morgan fingerprint density at radius 3 is 2.93 bits per heavy atom. The average molecular weight is 385 g/mol. The summed E-state index contributed by atoms with van der Waals surface area (Å²) in [5, 5.41) is 12.7. The summed E-state index contributed by atoms with van der Waals surface area (Å²) in [6, 6.07) is 14.1. The third-order valence-corrected chi connectivity index (χ3v) is 5.87. The Labute approximate surface area is 162 Å². The number of amides is 1. The predicted octanol–water partition coefficient (Wildman–Crippen LogP) is 2.46. The van der Waals surface area contributed by atoms with Crippen LogP contribution in [0.15, 0.2) is 53.0 Å². The summed E-state index contributed by atoms with van der Waals surface area (Å²) in [5.41, 5.74) is 0.880. The molecule has 142 valence electrons. The van der Waals surface area contributed by atoms with Crippen LogP contribution in [0.4, 0.5) is 0 Å². The van der Waals surface area contributed by atoms with Crippen molar-refractivity contribution < 1.29 is 14.4 Å². The molecular formula is C20H23N3O3S. The van der Waals surface area contributed by atoms with Crippen LogP contribution in [0, 0.1) is 0 Å². The third kappa shape index (κ3) is 4.21.